The first-order valence-electron chi connectivity index (χ1n) is 9.58. The summed E-state index contributed by atoms with van der Waals surface area (Å²) >= 11 is 14.6. The second-order valence-electron chi connectivity index (χ2n) is 7.45. The Morgan fingerprint density at radius 2 is 1.65 bits per heavy atom. The highest BCUT2D eigenvalue weighted by Gasteiger charge is 2.54. The number of halogens is 3. The molecule has 1 saturated heterocycles. The zero-order valence-electron chi connectivity index (χ0n) is 16.0. The summed E-state index contributed by atoms with van der Waals surface area (Å²) in [6, 6.07) is 9.74. The van der Waals surface area contributed by atoms with E-state index < -0.39 is 36.1 Å². The second-order valence-corrected chi connectivity index (χ2v) is 11.2. The zero-order chi connectivity index (χ0) is 22.3. The molecule has 0 bridgehead atoms. The van der Waals surface area contributed by atoms with Gasteiger partial charge in [0.25, 0.3) is 17.7 Å². The van der Waals surface area contributed by atoms with Crippen LogP contribution in [0.4, 0.5) is 0 Å². The Kier molecular flexibility index (Phi) is 6.67. The van der Waals surface area contributed by atoms with Crippen molar-refractivity contribution < 1.29 is 19.2 Å². The number of fused-ring (bicyclic) bond motifs is 1. The summed E-state index contributed by atoms with van der Waals surface area (Å²) in [7, 11) is 0. The van der Waals surface area contributed by atoms with Gasteiger partial charge < -0.3 is 0 Å². The van der Waals surface area contributed by atoms with Crippen molar-refractivity contribution in [2.24, 2.45) is 11.8 Å². The molecule has 2 fully saturated rings. The van der Waals surface area contributed by atoms with E-state index in [1.165, 1.54) is 17.4 Å². The SMILES string of the molecule is O=C(CN(C(=O)c1ccccc1Cl)N1C(=O)[C@@H]2C[C@@H](Br)[C@@H](Br)C[C@H]2C1=O)c1cccs1. The number of hydrogen-bond acceptors (Lipinski definition) is 5. The molecule has 0 N–H and O–H groups in total. The first-order valence-corrected chi connectivity index (χ1v) is 12.7. The maximum atomic E-state index is 13.4. The minimum absolute atomic E-state index is 0.0333. The average molecular weight is 589 g/mol. The van der Waals surface area contributed by atoms with Crippen LogP contribution in [0.25, 0.3) is 0 Å². The molecule has 0 unspecified atom stereocenters. The maximum absolute atomic E-state index is 13.4. The second kappa shape index (κ2) is 9.13. The number of imide groups is 1. The molecule has 2 heterocycles. The lowest BCUT2D eigenvalue weighted by molar-refractivity contribution is -0.154. The van der Waals surface area contributed by atoms with Crippen LogP contribution in [-0.4, -0.2) is 49.7 Å². The van der Waals surface area contributed by atoms with Gasteiger partial charge in [-0.05, 0) is 36.4 Å². The molecular weight excluding hydrogens is 572 g/mol. The molecule has 3 amide bonds. The Hall–Kier alpha value is -1.55. The molecule has 1 saturated carbocycles. The molecule has 1 aliphatic carbocycles. The fourth-order valence-corrected chi connectivity index (χ4v) is 6.08. The number of ketones is 1. The smallest absolute Gasteiger partial charge is 0.274 e. The molecule has 0 spiro atoms. The van der Waals surface area contributed by atoms with Crippen molar-refractivity contribution in [2.45, 2.75) is 22.5 Å². The maximum Gasteiger partial charge on any atom is 0.274 e. The van der Waals surface area contributed by atoms with Crippen LogP contribution in [0.15, 0.2) is 41.8 Å². The van der Waals surface area contributed by atoms with Crippen LogP contribution in [0.5, 0.6) is 0 Å². The van der Waals surface area contributed by atoms with Gasteiger partial charge in [0, 0.05) is 9.65 Å². The van der Waals surface area contributed by atoms with E-state index in [-0.39, 0.29) is 26.0 Å². The van der Waals surface area contributed by atoms with E-state index in [9.17, 15) is 19.2 Å². The van der Waals surface area contributed by atoms with Gasteiger partial charge >= 0.3 is 0 Å². The lowest BCUT2D eigenvalue weighted by atomic mass is 9.81. The molecule has 4 rings (SSSR count). The average Bonchev–Trinajstić information content (AvgIpc) is 3.36. The Labute approximate surface area is 204 Å². The van der Waals surface area contributed by atoms with E-state index >= 15 is 0 Å². The Balaban J connectivity index is 1.71. The predicted octanol–water partition coefficient (Wildman–Crippen LogP) is 4.56. The van der Waals surface area contributed by atoms with Crippen LogP contribution in [0.3, 0.4) is 0 Å². The number of hydrazine groups is 1. The van der Waals surface area contributed by atoms with Crippen LogP contribution in [0.2, 0.25) is 5.02 Å². The Bertz CT molecular complexity index is 1020. The van der Waals surface area contributed by atoms with Crippen molar-refractivity contribution in [3.63, 3.8) is 0 Å². The number of thiophene rings is 1. The van der Waals surface area contributed by atoms with E-state index in [2.05, 4.69) is 31.9 Å². The molecule has 0 radical (unpaired) electrons. The molecule has 31 heavy (non-hydrogen) atoms. The zero-order valence-corrected chi connectivity index (χ0v) is 20.8. The minimum Gasteiger partial charge on any atom is -0.291 e. The highest BCUT2D eigenvalue weighted by atomic mass is 79.9. The molecule has 1 aliphatic heterocycles. The number of benzene rings is 1. The normalized spacial score (nSPS) is 25.5. The number of Topliss-reactive ketones (excluding diaryl/α,β-unsaturated/α-hetero) is 1. The van der Waals surface area contributed by atoms with Crippen molar-refractivity contribution in [1.29, 1.82) is 0 Å². The lowest BCUT2D eigenvalue weighted by Crippen LogP contribution is -2.52. The molecule has 4 atom stereocenters. The number of hydrogen-bond donors (Lipinski definition) is 0. The van der Waals surface area contributed by atoms with Gasteiger partial charge in [0.15, 0.2) is 5.78 Å². The summed E-state index contributed by atoms with van der Waals surface area (Å²) in [4.78, 5) is 53.3. The molecule has 2 aliphatic rings. The first-order chi connectivity index (χ1) is 14.8. The minimum atomic E-state index is -0.665. The van der Waals surface area contributed by atoms with Gasteiger partial charge in [-0.15, -0.1) is 11.3 Å². The Morgan fingerprint density at radius 1 is 1.03 bits per heavy atom. The van der Waals surface area contributed by atoms with Crippen molar-refractivity contribution in [2.75, 3.05) is 6.54 Å². The highest BCUT2D eigenvalue weighted by Crippen LogP contribution is 2.43. The fraction of sp³-hybridized carbons (Fsp3) is 0.333. The van der Waals surface area contributed by atoms with Gasteiger partial charge in [0.2, 0.25) is 0 Å². The number of rotatable bonds is 5. The summed E-state index contributed by atoms with van der Waals surface area (Å²) in [5, 5.41) is 3.76. The number of carbonyl (C=O) groups excluding carboxylic acids is 4. The van der Waals surface area contributed by atoms with Gasteiger partial charge in [-0.2, -0.15) is 5.01 Å². The monoisotopic (exact) mass is 586 g/mol. The van der Waals surface area contributed by atoms with Gasteiger partial charge in [-0.25, -0.2) is 5.01 Å². The molecule has 1 aromatic carbocycles. The van der Waals surface area contributed by atoms with E-state index in [4.69, 9.17) is 11.6 Å². The van der Waals surface area contributed by atoms with Crippen LogP contribution in [0, 0.1) is 11.8 Å². The number of nitrogens with zero attached hydrogens (tertiary/aromatic N) is 2. The highest BCUT2D eigenvalue weighted by molar-refractivity contribution is 9.12. The summed E-state index contributed by atoms with van der Waals surface area (Å²) in [5.41, 5.74) is 0.121. The Morgan fingerprint density at radius 3 is 2.19 bits per heavy atom. The van der Waals surface area contributed by atoms with Crippen LogP contribution in [0.1, 0.15) is 32.9 Å². The molecule has 6 nitrogen and oxygen atoms in total. The van der Waals surface area contributed by atoms with E-state index in [1.54, 1.807) is 35.7 Å². The quantitative estimate of drug-likeness (QED) is 0.292. The van der Waals surface area contributed by atoms with Crippen molar-refractivity contribution in [1.82, 2.24) is 10.0 Å². The third-order valence-corrected chi connectivity index (χ3v) is 9.53. The number of amides is 3. The van der Waals surface area contributed by atoms with Crippen LogP contribution in [-0.2, 0) is 9.59 Å². The molecule has 2 aromatic rings. The molecule has 1 aromatic heterocycles. The topological polar surface area (TPSA) is 74.8 Å². The van der Waals surface area contributed by atoms with Gasteiger partial charge in [-0.3, -0.25) is 19.2 Å². The van der Waals surface area contributed by atoms with Crippen LogP contribution >= 0.6 is 54.8 Å². The standard InChI is InChI=1S/C21H17Br2ClN2O4S/c22-14-8-12-13(9-15(14)23)21(30)26(20(12)29)25(10-17(27)18-6-3-7-31-18)19(28)11-4-1-2-5-16(11)24/h1-7,12-15H,8-10H2/t12-,13-,14-,15+/m1/s1. The van der Waals surface area contributed by atoms with Crippen LogP contribution < -0.4 is 0 Å². The summed E-state index contributed by atoms with van der Waals surface area (Å²) in [5.74, 6) is -3.02. The van der Waals surface area contributed by atoms with Crippen molar-refractivity contribution >= 4 is 78.3 Å². The third-order valence-electron chi connectivity index (χ3n) is 5.56. The number of alkyl halides is 2. The number of carbonyl (C=O) groups is 4. The molecule has 10 heteroatoms. The van der Waals surface area contributed by atoms with Crippen molar-refractivity contribution in [3.05, 3.63) is 57.2 Å². The lowest BCUT2D eigenvalue weighted by Gasteiger charge is -2.30. The molecule has 162 valence electrons. The summed E-state index contributed by atoms with van der Waals surface area (Å²) < 4.78 is 0. The van der Waals surface area contributed by atoms with Crippen molar-refractivity contribution in [3.8, 4) is 0 Å². The summed E-state index contributed by atoms with van der Waals surface area (Å²) in [6.07, 6.45) is 0.934. The fourth-order valence-electron chi connectivity index (χ4n) is 3.97. The third kappa shape index (κ3) is 4.25. The molecular formula is C21H17Br2ClN2O4S. The predicted molar refractivity (Wildman–Crippen MR) is 125 cm³/mol. The van der Waals surface area contributed by atoms with Gasteiger partial charge in [0.1, 0.15) is 6.54 Å². The van der Waals surface area contributed by atoms with E-state index in [0.717, 1.165) is 10.0 Å². The van der Waals surface area contributed by atoms with Gasteiger partial charge in [0.05, 0.1) is 27.3 Å². The van der Waals surface area contributed by atoms with E-state index in [0.29, 0.717) is 17.7 Å². The summed E-state index contributed by atoms with van der Waals surface area (Å²) in [6.45, 7) is -0.434. The largest absolute Gasteiger partial charge is 0.291 e. The van der Waals surface area contributed by atoms with E-state index in [1.807, 2.05) is 0 Å². The first kappa shape index (κ1) is 22.6. The van der Waals surface area contributed by atoms with Gasteiger partial charge in [-0.1, -0.05) is 61.7 Å².